The molecule has 1 saturated heterocycles. The number of hydrogen-bond donors (Lipinski definition) is 1. The molecule has 1 aliphatic carbocycles. The Balaban J connectivity index is 1.70. The third-order valence-electron chi connectivity index (χ3n) is 4.04. The molecule has 2 fully saturated rings. The molecule has 7 heteroatoms. The number of carbonyl (C=O) groups is 1. The number of nitrogens with one attached hydrogen (secondary N) is 1. The van der Waals surface area contributed by atoms with Crippen molar-refractivity contribution in [1.82, 2.24) is 0 Å². The van der Waals surface area contributed by atoms with Gasteiger partial charge >= 0.3 is 0 Å². The molecule has 0 unspecified atom stereocenters. The summed E-state index contributed by atoms with van der Waals surface area (Å²) in [6.45, 7) is 0.524. The Kier molecular flexibility index (Phi) is 4.39. The zero-order valence-electron chi connectivity index (χ0n) is 12.7. The fraction of sp³-hybridized carbons (Fsp3) is 0.438. The van der Waals surface area contributed by atoms with Gasteiger partial charge < -0.3 is 10.2 Å². The van der Waals surface area contributed by atoms with Crippen LogP contribution in [0.5, 0.6) is 0 Å². The van der Waals surface area contributed by atoms with Crippen molar-refractivity contribution in [2.24, 2.45) is 5.92 Å². The Bertz CT molecular complexity index is 728. The van der Waals surface area contributed by atoms with Gasteiger partial charge in [0.25, 0.3) is 0 Å². The van der Waals surface area contributed by atoms with E-state index < -0.39 is 15.7 Å². The van der Waals surface area contributed by atoms with E-state index in [1.54, 1.807) is 11.0 Å². The number of carbonyl (C=O) groups excluding carboxylic acids is 1. The van der Waals surface area contributed by atoms with Crippen LogP contribution in [0.15, 0.2) is 30.4 Å². The molecule has 0 aromatic heterocycles. The van der Waals surface area contributed by atoms with Crippen molar-refractivity contribution in [3.63, 3.8) is 0 Å². The Morgan fingerprint density at radius 3 is 2.61 bits per heavy atom. The maximum Gasteiger partial charge on any atom is 0.248 e. The second-order valence-electron chi connectivity index (χ2n) is 5.99. The maximum atomic E-state index is 14.0. The number of benzene rings is 1. The monoisotopic (exact) mass is 338 g/mol. The van der Waals surface area contributed by atoms with Crippen LogP contribution in [0.3, 0.4) is 0 Å². The molecule has 23 heavy (non-hydrogen) atoms. The standard InChI is InChI=1S/C16H19FN2O3S/c17-14-5-4-13(18-16(20)6-3-12-1-2-12)11-15(14)19-7-9-23(21,22)10-8-19/h3-6,11-12H,1-2,7-10H2,(H,18,20)/b6-3+. The van der Waals surface area contributed by atoms with Crippen LogP contribution in [-0.2, 0) is 14.6 Å². The second kappa shape index (κ2) is 6.31. The van der Waals surface area contributed by atoms with Crippen LogP contribution in [0.4, 0.5) is 15.8 Å². The molecule has 0 radical (unpaired) electrons. The fourth-order valence-electron chi connectivity index (χ4n) is 2.48. The van der Waals surface area contributed by atoms with Crippen molar-refractivity contribution in [2.45, 2.75) is 12.8 Å². The van der Waals surface area contributed by atoms with Crippen LogP contribution in [0.1, 0.15) is 12.8 Å². The number of allylic oxidation sites excluding steroid dienone is 1. The van der Waals surface area contributed by atoms with Crippen molar-refractivity contribution < 1.29 is 17.6 Å². The topological polar surface area (TPSA) is 66.5 Å². The van der Waals surface area contributed by atoms with Gasteiger partial charge in [-0.1, -0.05) is 6.08 Å². The minimum Gasteiger partial charge on any atom is -0.367 e. The molecule has 1 saturated carbocycles. The molecule has 0 bridgehead atoms. The average molecular weight is 338 g/mol. The fourth-order valence-corrected chi connectivity index (χ4v) is 3.68. The molecule has 2 aliphatic rings. The first-order chi connectivity index (χ1) is 10.9. The van der Waals surface area contributed by atoms with Gasteiger partial charge in [-0.15, -0.1) is 0 Å². The van der Waals surface area contributed by atoms with Gasteiger partial charge in [0.15, 0.2) is 9.84 Å². The summed E-state index contributed by atoms with van der Waals surface area (Å²) >= 11 is 0. The highest BCUT2D eigenvalue weighted by Gasteiger charge is 2.24. The quantitative estimate of drug-likeness (QED) is 0.853. The predicted molar refractivity (Wildman–Crippen MR) is 87.8 cm³/mol. The Hall–Kier alpha value is -1.89. The third-order valence-corrected chi connectivity index (χ3v) is 5.65. The Morgan fingerprint density at radius 2 is 1.96 bits per heavy atom. The van der Waals surface area contributed by atoms with Gasteiger partial charge in [0.2, 0.25) is 5.91 Å². The third kappa shape index (κ3) is 4.31. The smallest absolute Gasteiger partial charge is 0.248 e. The van der Waals surface area contributed by atoms with Crippen molar-refractivity contribution in [1.29, 1.82) is 0 Å². The summed E-state index contributed by atoms with van der Waals surface area (Å²) < 4.78 is 37.0. The molecule has 124 valence electrons. The van der Waals surface area contributed by atoms with Crippen LogP contribution in [0.2, 0.25) is 0 Å². The van der Waals surface area contributed by atoms with Crippen LogP contribution >= 0.6 is 0 Å². The van der Waals surface area contributed by atoms with E-state index in [1.807, 2.05) is 6.08 Å². The lowest BCUT2D eigenvalue weighted by atomic mass is 10.2. The lowest BCUT2D eigenvalue weighted by Crippen LogP contribution is -2.40. The normalized spacial score (nSPS) is 20.7. The Morgan fingerprint density at radius 1 is 1.26 bits per heavy atom. The van der Waals surface area contributed by atoms with E-state index in [0.29, 0.717) is 17.3 Å². The van der Waals surface area contributed by atoms with E-state index in [-0.39, 0.29) is 30.5 Å². The maximum absolute atomic E-state index is 14.0. The van der Waals surface area contributed by atoms with E-state index in [0.717, 1.165) is 12.8 Å². The largest absolute Gasteiger partial charge is 0.367 e. The van der Waals surface area contributed by atoms with Crippen LogP contribution in [0.25, 0.3) is 0 Å². The van der Waals surface area contributed by atoms with Crippen LogP contribution in [0, 0.1) is 11.7 Å². The number of hydrogen-bond acceptors (Lipinski definition) is 4. The highest BCUT2D eigenvalue weighted by atomic mass is 32.2. The predicted octanol–water partition coefficient (Wildman–Crippen LogP) is 1.97. The highest BCUT2D eigenvalue weighted by Crippen LogP contribution is 2.30. The number of sulfone groups is 1. The molecule has 5 nitrogen and oxygen atoms in total. The summed E-state index contributed by atoms with van der Waals surface area (Å²) in [5.74, 6) is -0.105. The zero-order chi connectivity index (χ0) is 16.4. The number of nitrogens with zero attached hydrogens (tertiary/aromatic N) is 1. The first-order valence-corrected chi connectivity index (χ1v) is 9.49. The summed E-state index contributed by atoms with van der Waals surface area (Å²) in [5.41, 5.74) is 0.823. The van der Waals surface area contributed by atoms with E-state index in [4.69, 9.17) is 0 Å². The lowest BCUT2D eigenvalue weighted by molar-refractivity contribution is -0.111. The first-order valence-electron chi connectivity index (χ1n) is 7.67. The van der Waals surface area contributed by atoms with E-state index in [1.165, 1.54) is 18.2 Å². The van der Waals surface area contributed by atoms with Crippen molar-refractivity contribution in [2.75, 3.05) is 34.8 Å². The molecule has 1 amide bonds. The second-order valence-corrected chi connectivity index (χ2v) is 8.29. The van der Waals surface area contributed by atoms with E-state index in [9.17, 15) is 17.6 Å². The molecular formula is C16H19FN2O3S. The van der Waals surface area contributed by atoms with Crippen LogP contribution < -0.4 is 10.2 Å². The minimum absolute atomic E-state index is 0.0210. The molecule has 3 rings (SSSR count). The lowest BCUT2D eigenvalue weighted by Gasteiger charge is -2.29. The van der Waals surface area contributed by atoms with Crippen molar-refractivity contribution >= 4 is 27.1 Å². The average Bonchev–Trinajstić information content (AvgIpc) is 3.32. The molecule has 1 aromatic rings. The Labute approximate surface area is 135 Å². The number of halogens is 1. The SMILES string of the molecule is O=C(/C=C/C1CC1)Nc1ccc(F)c(N2CCS(=O)(=O)CC2)c1. The summed E-state index contributed by atoms with van der Waals surface area (Å²) in [7, 11) is -3.02. The van der Waals surface area contributed by atoms with Gasteiger partial charge in [0.05, 0.1) is 17.2 Å². The molecule has 1 aromatic carbocycles. The molecule has 1 aliphatic heterocycles. The van der Waals surface area contributed by atoms with Gasteiger partial charge in [0.1, 0.15) is 5.82 Å². The highest BCUT2D eigenvalue weighted by molar-refractivity contribution is 7.91. The van der Waals surface area contributed by atoms with Crippen molar-refractivity contribution in [3.8, 4) is 0 Å². The zero-order valence-corrected chi connectivity index (χ0v) is 13.5. The number of amides is 1. The summed E-state index contributed by atoms with van der Waals surface area (Å²) in [6, 6.07) is 4.34. The molecule has 0 spiro atoms. The number of rotatable bonds is 4. The summed E-state index contributed by atoms with van der Waals surface area (Å²) in [4.78, 5) is 13.5. The minimum atomic E-state index is -3.02. The van der Waals surface area contributed by atoms with Gasteiger partial charge in [-0.2, -0.15) is 0 Å². The molecule has 1 N–H and O–H groups in total. The molecule has 1 heterocycles. The van der Waals surface area contributed by atoms with Crippen LogP contribution in [-0.4, -0.2) is 38.9 Å². The molecular weight excluding hydrogens is 319 g/mol. The number of anilines is 2. The molecule has 0 atom stereocenters. The van der Waals surface area contributed by atoms with Gasteiger partial charge in [-0.05, 0) is 43.0 Å². The van der Waals surface area contributed by atoms with E-state index >= 15 is 0 Å². The summed E-state index contributed by atoms with van der Waals surface area (Å²) in [6.07, 6.45) is 5.65. The summed E-state index contributed by atoms with van der Waals surface area (Å²) in [5, 5.41) is 2.71. The van der Waals surface area contributed by atoms with Crippen molar-refractivity contribution in [3.05, 3.63) is 36.2 Å². The van der Waals surface area contributed by atoms with Gasteiger partial charge in [-0.3, -0.25) is 4.79 Å². The van der Waals surface area contributed by atoms with Gasteiger partial charge in [0, 0.05) is 18.8 Å². The first kappa shape index (κ1) is 16.0. The van der Waals surface area contributed by atoms with E-state index in [2.05, 4.69) is 5.32 Å². The van der Waals surface area contributed by atoms with Gasteiger partial charge in [-0.25, -0.2) is 12.8 Å².